The largest absolute Gasteiger partial charge is 0.491 e. The molecule has 0 atom stereocenters. The summed E-state index contributed by atoms with van der Waals surface area (Å²) in [5, 5.41) is 12.5. The highest BCUT2D eigenvalue weighted by molar-refractivity contribution is 5.51. The third kappa shape index (κ3) is 4.43. The number of nitrogens with zero attached hydrogens (tertiary/aromatic N) is 3. The Morgan fingerprint density at radius 3 is 2.30 bits per heavy atom. The van der Waals surface area contributed by atoms with Gasteiger partial charge in [0.2, 0.25) is 5.88 Å². The average Bonchev–Trinajstić information content (AvgIpc) is 3.05. The highest BCUT2D eigenvalue weighted by Gasteiger charge is 2.36. The first kappa shape index (κ1) is 21.3. The lowest BCUT2D eigenvalue weighted by atomic mass is 9.77. The Kier molecular flexibility index (Phi) is 6.06. The lowest BCUT2D eigenvalue weighted by Gasteiger charge is -2.35. The van der Waals surface area contributed by atoms with Crippen LogP contribution in [0.15, 0.2) is 35.1 Å². The normalized spacial score (nSPS) is 17.9. The Morgan fingerprint density at radius 1 is 1.07 bits per heavy atom. The van der Waals surface area contributed by atoms with Crippen LogP contribution in [0.2, 0.25) is 0 Å². The molecule has 0 spiro atoms. The van der Waals surface area contributed by atoms with Crippen molar-refractivity contribution >= 4 is 0 Å². The van der Waals surface area contributed by atoms with E-state index in [4.69, 9.17) is 14.4 Å². The van der Waals surface area contributed by atoms with Crippen LogP contribution in [-0.2, 0) is 0 Å². The molecule has 160 valence electrons. The molecule has 4 rings (SSSR count). The molecule has 0 radical (unpaired) electrons. The summed E-state index contributed by atoms with van der Waals surface area (Å²) in [4.78, 5) is 8.15. The summed E-state index contributed by atoms with van der Waals surface area (Å²) in [6.45, 7) is -3.16. The predicted octanol–water partition coefficient (Wildman–Crippen LogP) is 4.20. The van der Waals surface area contributed by atoms with Crippen molar-refractivity contribution in [3.05, 3.63) is 47.8 Å². The van der Waals surface area contributed by atoms with Crippen molar-refractivity contribution in [2.75, 3.05) is 0 Å². The second-order valence-electron chi connectivity index (χ2n) is 6.38. The van der Waals surface area contributed by atoms with Crippen molar-refractivity contribution in [1.29, 1.82) is 0 Å². The van der Waals surface area contributed by atoms with Crippen molar-refractivity contribution in [3.8, 4) is 29.0 Å². The molecule has 0 saturated heterocycles. The molecule has 2 aromatic heterocycles. The molecule has 0 bridgehead atoms. The van der Waals surface area contributed by atoms with Gasteiger partial charge in [-0.25, -0.2) is 18.7 Å². The lowest BCUT2D eigenvalue weighted by molar-refractivity contribution is -0.0502. The molecule has 1 aliphatic carbocycles. The van der Waals surface area contributed by atoms with Crippen molar-refractivity contribution in [3.63, 3.8) is 0 Å². The Labute approximate surface area is 167 Å². The van der Waals surface area contributed by atoms with Gasteiger partial charge in [-0.15, -0.1) is 0 Å². The van der Waals surface area contributed by atoms with Crippen LogP contribution in [0, 0.1) is 11.6 Å². The summed E-state index contributed by atoms with van der Waals surface area (Å²) in [7, 11) is 0. The van der Waals surface area contributed by atoms with E-state index >= 15 is 0 Å². The van der Waals surface area contributed by atoms with Crippen molar-refractivity contribution in [2.45, 2.75) is 31.5 Å². The van der Waals surface area contributed by atoms with E-state index in [1.807, 2.05) is 0 Å². The minimum atomic E-state index is -3.16. The van der Waals surface area contributed by atoms with Gasteiger partial charge in [0.25, 0.3) is 5.88 Å². The van der Waals surface area contributed by atoms with E-state index in [-0.39, 0.29) is 35.3 Å². The zero-order valence-corrected chi connectivity index (χ0v) is 15.3. The molecule has 8 nitrogen and oxygen atoms in total. The molecule has 12 heteroatoms. The monoisotopic (exact) mass is 428 g/mol. The first-order valence-electron chi connectivity index (χ1n) is 8.47. The van der Waals surface area contributed by atoms with E-state index in [1.165, 1.54) is 18.5 Å². The van der Waals surface area contributed by atoms with Gasteiger partial charge in [-0.05, 0) is 23.9 Å². The number of hydrogen-bond donors (Lipinski definition) is 2. The Morgan fingerprint density at radius 2 is 1.77 bits per heavy atom. The van der Waals surface area contributed by atoms with Gasteiger partial charge >= 0.3 is 6.61 Å². The number of hydrogen-bond acceptors (Lipinski definition) is 8. The summed E-state index contributed by atoms with van der Waals surface area (Å²) >= 11 is 0. The maximum atomic E-state index is 14.1. The molecule has 2 heterocycles. The number of alkyl halides is 2. The van der Waals surface area contributed by atoms with Gasteiger partial charge in [-0.1, -0.05) is 0 Å². The second-order valence-corrected chi connectivity index (χ2v) is 6.38. The predicted molar refractivity (Wildman–Crippen MR) is 93.6 cm³/mol. The molecule has 1 saturated carbocycles. The SMILES string of the molecule is N.Oc1cc(-c2cnc(OC3CC(c4c(F)cc(OC(F)F)cc4F)C3)cn2)on1. The molecular formula is C18H16F4N4O4. The molecule has 3 aromatic rings. The molecule has 30 heavy (non-hydrogen) atoms. The van der Waals surface area contributed by atoms with Crippen LogP contribution in [0.4, 0.5) is 17.6 Å². The van der Waals surface area contributed by atoms with Gasteiger partial charge < -0.3 is 25.3 Å². The molecule has 4 N–H and O–H groups in total. The van der Waals surface area contributed by atoms with Crippen molar-refractivity contribution < 1.29 is 36.7 Å². The molecule has 0 unspecified atom stereocenters. The standard InChI is InChI=1S/C18H13F4N3O4.H3N/c19-11-3-10(28-18(21)22)4-12(20)17(11)8-1-9(2-8)27-16-7-23-13(6-24-16)14-5-15(26)25-29-14;/h3-9,18H,1-2H2,(H,25,26);1H3. The van der Waals surface area contributed by atoms with Crippen LogP contribution in [0.3, 0.4) is 0 Å². The fourth-order valence-electron chi connectivity index (χ4n) is 3.08. The van der Waals surface area contributed by atoms with Crippen LogP contribution in [0.1, 0.15) is 24.3 Å². The highest BCUT2D eigenvalue weighted by atomic mass is 19.3. The second kappa shape index (κ2) is 8.53. The Balaban J connectivity index is 0.00000256. The summed E-state index contributed by atoms with van der Waals surface area (Å²) in [6, 6.07) is 2.76. The first-order valence-corrected chi connectivity index (χ1v) is 8.47. The fraction of sp³-hybridized carbons (Fsp3) is 0.278. The van der Waals surface area contributed by atoms with Gasteiger partial charge in [0.1, 0.15) is 29.2 Å². The van der Waals surface area contributed by atoms with Crippen LogP contribution < -0.4 is 15.6 Å². The zero-order chi connectivity index (χ0) is 20.5. The van der Waals surface area contributed by atoms with Crippen molar-refractivity contribution in [2.24, 2.45) is 0 Å². The number of halogens is 4. The summed E-state index contributed by atoms with van der Waals surface area (Å²) < 4.78 is 67.1. The van der Waals surface area contributed by atoms with Gasteiger partial charge in [0.15, 0.2) is 5.76 Å². The molecule has 0 aliphatic heterocycles. The van der Waals surface area contributed by atoms with Crippen LogP contribution in [-0.4, -0.2) is 32.9 Å². The summed E-state index contributed by atoms with van der Waals surface area (Å²) in [6.07, 6.45) is 3.03. The number of ether oxygens (including phenoxy) is 2. The quantitative estimate of drug-likeness (QED) is 0.560. The third-order valence-electron chi connectivity index (χ3n) is 4.45. The smallest absolute Gasteiger partial charge is 0.387 e. The zero-order valence-electron chi connectivity index (χ0n) is 15.3. The maximum absolute atomic E-state index is 14.1. The minimum absolute atomic E-state index is 0. The number of benzene rings is 1. The molecule has 1 fully saturated rings. The molecule has 0 amide bonds. The van der Waals surface area contributed by atoms with Crippen LogP contribution in [0.25, 0.3) is 11.5 Å². The van der Waals surface area contributed by atoms with Gasteiger partial charge in [-0.2, -0.15) is 8.78 Å². The van der Waals surface area contributed by atoms with Crippen LogP contribution in [0.5, 0.6) is 17.5 Å². The van der Waals surface area contributed by atoms with Gasteiger partial charge in [0.05, 0.1) is 18.5 Å². The topological polar surface area (TPSA) is 126 Å². The van der Waals surface area contributed by atoms with Crippen LogP contribution >= 0.6 is 0 Å². The number of rotatable bonds is 6. The van der Waals surface area contributed by atoms with E-state index in [2.05, 4.69) is 19.9 Å². The van der Waals surface area contributed by atoms with Gasteiger partial charge in [-0.3, -0.25) is 0 Å². The highest BCUT2D eigenvalue weighted by Crippen LogP contribution is 2.42. The fourth-order valence-corrected chi connectivity index (χ4v) is 3.08. The van der Waals surface area contributed by atoms with E-state index in [0.29, 0.717) is 18.5 Å². The van der Waals surface area contributed by atoms with Gasteiger partial charge in [0, 0.05) is 17.7 Å². The third-order valence-corrected chi connectivity index (χ3v) is 4.45. The van der Waals surface area contributed by atoms with E-state index in [9.17, 15) is 17.6 Å². The first-order chi connectivity index (χ1) is 13.9. The molecule has 1 aromatic carbocycles. The lowest BCUT2D eigenvalue weighted by Crippen LogP contribution is -2.33. The Bertz CT molecular complexity index is 987. The minimum Gasteiger partial charge on any atom is -0.491 e. The summed E-state index contributed by atoms with van der Waals surface area (Å²) in [5.74, 6) is -2.74. The van der Waals surface area contributed by atoms with E-state index < -0.39 is 29.9 Å². The van der Waals surface area contributed by atoms with E-state index in [1.54, 1.807) is 0 Å². The Hall–Kier alpha value is -3.41. The number of aromatic hydroxyl groups is 1. The van der Waals surface area contributed by atoms with E-state index in [0.717, 1.165) is 12.1 Å². The van der Waals surface area contributed by atoms with Crippen molar-refractivity contribution in [1.82, 2.24) is 21.3 Å². The molecule has 1 aliphatic rings. The average molecular weight is 428 g/mol. The number of aromatic nitrogens is 3. The summed E-state index contributed by atoms with van der Waals surface area (Å²) in [5.41, 5.74) is 0.157. The maximum Gasteiger partial charge on any atom is 0.387 e. The molecular weight excluding hydrogens is 412 g/mol.